The summed E-state index contributed by atoms with van der Waals surface area (Å²) in [4.78, 5) is 14.8. The van der Waals surface area contributed by atoms with Crippen molar-refractivity contribution in [3.05, 3.63) is 83.4 Å². The number of benzene rings is 2. The van der Waals surface area contributed by atoms with Crippen molar-refractivity contribution < 1.29 is 13.6 Å². The maximum Gasteiger partial charge on any atom is 0.287 e. The van der Waals surface area contributed by atoms with Crippen LogP contribution in [0.5, 0.6) is 0 Å². The highest BCUT2D eigenvalue weighted by Crippen LogP contribution is 2.24. The summed E-state index contributed by atoms with van der Waals surface area (Å²) in [6, 6.07) is 17.6. The molecule has 1 heterocycles. The highest BCUT2D eigenvalue weighted by Gasteiger charge is 2.15. The third kappa shape index (κ3) is 4.67. The van der Waals surface area contributed by atoms with E-state index in [1.54, 1.807) is 30.3 Å². The molecule has 0 fully saturated rings. The molecule has 1 amide bonds. The van der Waals surface area contributed by atoms with Crippen LogP contribution in [0.2, 0.25) is 0 Å². The van der Waals surface area contributed by atoms with E-state index in [0.29, 0.717) is 17.9 Å². The number of amides is 1. The minimum Gasteiger partial charge on any atom is -0.451 e. The van der Waals surface area contributed by atoms with Gasteiger partial charge >= 0.3 is 0 Å². The average Bonchev–Trinajstić information content (AvgIpc) is 3.21. The predicted octanol–water partition coefficient (Wildman–Crippen LogP) is 4.86. The molecule has 2 aromatic carbocycles. The van der Waals surface area contributed by atoms with Crippen LogP contribution in [-0.2, 0) is 13.1 Å². The van der Waals surface area contributed by atoms with Gasteiger partial charge in [-0.15, -0.1) is 0 Å². The lowest BCUT2D eigenvalue weighted by Gasteiger charge is -2.20. The zero-order chi connectivity index (χ0) is 19.9. The summed E-state index contributed by atoms with van der Waals surface area (Å²) in [5.41, 5.74) is 2.60. The van der Waals surface area contributed by atoms with Crippen LogP contribution < -0.4 is 5.32 Å². The molecular weight excluding hydrogens is 355 g/mol. The molecule has 0 bridgehead atoms. The number of hydrogen-bond acceptors (Lipinski definition) is 3. The standard InChI is InChI=1S/C23H25FN2O2/c1-3-26(4-2)16-18-10-6-5-9-17(18)15-25-23(27)22-14-13-21(28-22)19-11-7-8-12-20(19)24/h5-14H,3-4,15-16H2,1-2H3,(H,25,27). The van der Waals surface area contributed by atoms with Crippen LogP contribution in [0.1, 0.15) is 35.5 Å². The Labute approximate surface area is 165 Å². The fourth-order valence-electron chi connectivity index (χ4n) is 3.10. The van der Waals surface area contributed by atoms with Crippen molar-refractivity contribution in [1.29, 1.82) is 0 Å². The first-order chi connectivity index (χ1) is 13.6. The molecule has 0 aliphatic rings. The number of carbonyl (C=O) groups excluding carboxylic acids is 1. The maximum absolute atomic E-state index is 13.9. The van der Waals surface area contributed by atoms with Crippen molar-refractivity contribution in [1.82, 2.24) is 10.2 Å². The van der Waals surface area contributed by atoms with Gasteiger partial charge in [0.15, 0.2) is 5.76 Å². The Morgan fingerprint density at radius 2 is 1.64 bits per heavy atom. The summed E-state index contributed by atoms with van der Waals surface area (Å²) in [6.45, 7) is 7.48. The van der Waals surface area contributed by atoms with Gasteiger partial charge in [0.05, 0.1) is 5.56 Å². The number of carbonyl (C=O) groups is 1. The van der Waals surface area contributed by atoms with Gasteiger partial charge in [-0.3, -0.25) is 9.69 Å². The average molecular weight is 380 g/mol. The third-order valence-corrected chi connectivity index (χ3v) is 4.82. The van der Waals surface area contributed by atoms with E-state index in [2.05, 4.69) is 30.1 Å². The second-order valence-electron chi connectivity index (χ2n) is 6.56. The van der Waals surface area contributed by atoms with Crippen LogP contribution in [0.25, 0.3) is 11.3 Å². The van der Waals surface area contributed by atoms with Crippen molar-refractivity contribution >= 4 is 5.91 Å². The van der Waals surface area contributed by atoms with E-state index in [4.69, 9.17) is 4.42 Å². The molecule has 4 nitrogen and oxygen atoms in total. The number of hydrogen-bond donors (Lipinski definition) is 1. The molecule has 0 saturated carbocycles. The summed E-state index contributed by atoms with van der Waals surface area (Å²) < 4.78 is 19.5. The Balaban J connectivity index is 1.68. The molecule has 3 rings (SSSR count). The summed E-state index contributed by atoms with van der Waals surface area (Å²) in [5, 5.41) is 2.90. The molecule has 0 unspecified atom stereocenters. The Morgan fingerprint density at radius 1 is 0.964 bits per heavy atom. The number of nitrogens with zero attached hydrogens (tertiary/aromatic N) is 1. The van der Waals surface area contributed by atoms with Gasteiger partial charge in [-0.1, -0.05) is 50.2 Å². The minimum absolute atomic E-state index is 0.166. The molecule has 146 valence electrons. The molecule has 0 aliphatic heterocycles. The van der Waals surface area contributed by atoms with Crippen LogP contribution >= 0.6 is 0 Å². The van der Waals surface area contributed by atoms with Gasteiger partial charge in [0.2, 0.25) is 0 Å². The van der Waals surface area contributed by atoms with Gasteiger partial charge in [0, 0.05) is 13.1 Å². The van der Waals surface area contributed by atoms with Gasteiger partial charge in [0.25, 0.3) is 5.91 Å². The summed E-state index contributed by atoms with van der Waals surface area (Å²) in [6.07, 6.45) is 0. The fraction of sp³-hybridized carbons (Fsp3) is 0.261. The largest absolute Gasteiger partial charge is 0.451 e. The molecule has 5 heteroatoms. The Bertz CT molecular complexity index is 932. The minimum atomic E-state index is -0.380. The number of rotatable bonds is 8. The zero-order valence-electron chi connectivity index (χ0n) is 16.2. The quantitative estimate of drug-likeness (QED) is 0.607. The van der Waals surface area contributed by atoms with Gasteiger partial charge in [0.1, 0.15) is 11.6 Å². The second-order valence-corrected chi connectivity index (χ2v) is 6.56. The number of halogens is 1. The molecule has 3 aromatic rings. The lowest BCUT2D eigenvalue weighted by atomic mass is 10.1. The van der Waals surface area contributed by atoms with Crippen molar-refractivity contribution in [2.75, 3.05) is 13.1 Å². The van der Waals surface area contributed by atoms with E-state index < -0.39 is 0 Å². The van der Waals surface area contributed by atoms with Gasteiger partial charge < -0.3 is 9.73 Å². The Morgan fingerprint density at radius 3 is 2.36 bits per heavy atom. The highest BCUT2D eigenvalue weighted by atomic mass is 19.1. The maximum atomic E-state index is 13.9. The van der Waals surface area contributed by atoms with Crippen LogP contribution in [-0.4, -0.2) is 23.9 Å². The van der Waals surface area contributed by atoms with Crippen molar-refractivity contribution in [2.24, 2.45) is 0 Å². The first kappa shape index (κ1) is 19.8. The normalized spacial score (nSPS) is 11.0. The van der Waals surface area contributed by atoms with E-state index in [1.807, 2.05) is 18.2 Å². The molecule has 0 atom stereocenters. The topological polar surface area (TPSA) is 45.5 Å². The SMILES string of the molecule is CCN(CC)Cc1ccccc1CNC(=O)c1ccc(-c2ccccc2F)o1. The van der Waals surface area contributed by atoms with E-state index in [9.17, 15) is 9.18 Å². The molecular formula is C23H25FN2O2. The van der Waals surface area contributed by atoms with E-state index in [0.717, 1.165) is 25.2 Å². The first-order valence-corrected chi connectivity index (χ1v) is 9.54. The smallest absolute Gasteiger partial charge is 0.287 e. The van der Waals surface area contributed by atoms with E-state index in [-0.39, 0.29) is 17.5 Å². The Hall–Kier alpha value is -2.92. The van der Waals surface area contributed by atoms with Crippen molar-refractivity contribution in [2.45, 2.75) is 26.9 Å². The number of furan rings is 1. The second kappa shape index (κ2) is 9.33. The molecule has 0 spiro atoms. The molecule has 0 saturated heterocycles. The zero-order valence-corrected chi connectivity index (χ0v) is 16.2. The van der Waals surface area contributed by atoms with Crippen LogP contribution in [0.3, 0.4) is 0 Å². The Kier molecular flexibility index (Phi) is 6.61. The van der Waals surface area contributed by atoms with Crippen molar-refractivity contribution in [3.8, 4) is 11.3 Å². The summed E-state index contributed by atoms with van der Waals surface area (Å²) in [5.74, 6) is -0.195. The van der Waals surface area contributed by atoms with Crippen molar-refractivity contribution in [3.63, 3.8) is 0 Å². The molecule has 0 radical (unpaired) electrons. The highest BCUT2D eigenvalue weighted by molar-refractivity contribution is 5.92. The van der Waals surface area contributed by atoms with Gasteiger partial charge in [-0.2, -0.15) is 0 Å². The first-order valence-electron chi connectivity index (χ1n) is 9.54. The lowest BCUT2D eigenvalue weighted by Crippen LogP contribution is -2.25. The summed E-state index contributed by atoms with van der Waals surface area (Å²) in [7, 11) is 0. The fourth-order valence-corrected chi connectivity index (χ4v) is 3.10. The molecule has 1 N–H and O–H groups in total. The van der Waals surface area contributed by atoms with Gasteiger partial charge in [-0.25, -0.2) is 4.39 Å². The molecule has 28 heavy (non-hydrogen) atoms. The third-order valence-electron chi connectivity index (χ3n) is 4.82. The van der Waals surface area contributed by atoms with E-state index >= 15 is 0 Å². The van der Waals surface area contributed by atoms with Crippen LogP contribution in [0, 0.1) is 5.82 Å². The van der Waals surface area contributed by atoms with Crippen LogP contribution in [0.15, 0.2) is 65.1 Å². The lowest BCUT2D eigenvalue weighted by molar-refractivity contribution is 0.0924. The van der Waals surface area contributed by atoms with Gasteiger partial charge in [-0.05, 0) is 48.5 Å². The predicted molar refractivity (Wildman–Crippen MR) is 108 cm³/mol. The molecule has 1 aromatic heterocycles. The molecule has 0 aliphatic carbocycles. The van der Waals surface area contributed by atoms with E-state index in [1.165, 1.54) is 11.6 Å². The number of nitrogens with one attached hydrogen (secondary N) is 1. The van der Waals surface area contributed by atoms with Crippen LogP contribution in [0.4, 0.5) is 4.39 Å². The summed E-state index contributed by atoms with van der Waals surface area (Å²) >= 11 is 0. The monoisotopic (exact) mass is 380 g/mol.